The summed E-state index contributed by atoms with van der Waals surface area (Å²) >= 11 is 0. The van der Waals surface area contributed by atoms with Crippen LogP contribution in [0.4, 0.5) is 9.18 Å². The number of halogens is 1. The van der Waals surface area contributed by atoms with E-state index in [0.29, 0.717) is 5.06 Å². The lowest BCUT2D eigenvalue weighted by Gasteiger charge is -2.24. The Morgan fingerprint density at radius 1 is 1.47 bits per heavy atom. The Morgan fingerprint density at radius 2 is 2.13 bits per heavy atom. The van der Waals surface area contributed by atoms with Crippen LogP contribution in [0.5, 0.6) is 0 Å². The smallest absolute Gasteiger partial charge is 0.347 e. The topological polar surface area (TPSA) is 90.0 Å². The quantitative estimate of drug-likeness (QED) is 0.370. The minimum absolute atomic E-state index is 0.0511. The lowest BCUT2D eigenvalue weighted by atomic mass is 10.1. The summed E-state index contributed by atoms with van der Waals surface area (Å²) in [6, 6.07) is -1.47. The zero-order valence-corrected chi connectivity index (χ0v) is 8.31. The molecular weight excluding hydrogens is 231 g/mol. The maximum atomic E-state index is 13.1. The molecule has 0 aliphatic carbocycles. The summed E-state index contributed by atoms with van der Waals surface area (Å²) in [5, 5.41) is 0.446. The Labute approximate surface area is 85.3 Å². The Hall–Kier alpha value is -0.930. The molecule has 2 aliphatic heterocycles. The van der Waals surface area contributed by atoms with Crippen molar-refractivity contribution in [2.45, 2.75) is 25.2 Å². The Morgan fingerprint density at radius 3 is 2.67 bits per heavy atom. The molecule has 0 saturated carbocycles. The van der Waals surface area contributed by atoms with E-state index >= 15 is 0 Å². The highest BCUT2D eigenvalue weighted by molar-refractivity contribution is 7.80. The van der Waals surface area contributed by atoms with Gasteiger partial charge in [0.1, 0.15) is 0 Å². The highest BCUT2D eigenvalue weighted by Gasteiger charge is 2.46. The van der Waals surface area contributed by atoms with Crippen molar-refractivity contribution in [2.75, 3.05) is 6.54 Å². The summed E-state index contributed by atoms with van der Waals surface area (Å²) in [7, 11) is -4.99. The highest BCUT2D eigenvalue weighted by Crippen LogP contribution is 2.30. The molecule has 15 heavy (non-hydrogen) atoms. The van der Waals surface area contributed by atoms with Crippen molar-refractivity contribution in [3.63, 3.8) is 0 Å². The Kier molecular flexibility index (Phi) is 2.32. The van der Waals surface area contributed by atoms with Gasteiger partial charge in [-0.3, -0.25) is 4.90 Å². The number of carbonyl (C=O) groups excluding carboxylic acids is 1. The molecule has 0 spiro atoms. The van der Waals surface area contributed by atoms with Crippen LogP contribution in [-0.2, 0) is 14.7 Å². The first-order chi connectivity index (χ1) is 6.88. The number of hydroxylamine groups is 2. The molecular formula is C6H8FN2O5S-. The molecule has 2 bridgehead atoms. The molecule has 0 aromatic heterocycles. The summed E-state index contributed by atoms with van der Waals surface area (Å²) in [6.45, 7) is 0.0511. The fourth-order valence-corrected chi connectivity index (χ4v) is 2.16. The van der Waals surface area contributed by atoms with E-state index in [4.69, 9.17) is 0 Å². The van der Waals surface area contributed by atoms with E-state index in [2.05, 4.69) is 4.28 Å². The molecule has 0 aromatic carbocycles. The predicted octanol–water partition coefficient (Wildman–Crippen LogP) is -0.426. The number of hydrogen-bond acceptors (Lipinski definition) is 5. The number of rotatable bonds is 2. The lowest BCUT2D eigenvalue weighted by molar-refractivity contribution is -0.0330. The first-order valence-electron chi connectivity index (χ1n) is 4.28. The van der Waals surface area contributed by atoms with Crippen LogP contribution in [0.1, 0.15) is 12.8 Å². The van der Waals surface area contributed by atoms with Crippen LogP contribution in [0.2, 0.25) is 0 Å². The van der Waals surface area contributed by atoms with Gasteiger partial charge in [0.05, 0.1) is 6.04 Å². The van der Waals surface area contributed by atoms with Gasteiger partial charge in [0.15, 0.2) is 6.30 Å². The SMILES string of the molecule is O=C1N2C[C@@H](CC[C@@H]2F)N1OS(=O)(=O)[O-]. The van der Waals surface area contributed by atoms with Crippen LogP contribution in [-0.4, -0.2) is 47.8 Å². The summed E-state index contributed by atoms with van der Waals surface area (Å²) in [6.07, 6.45) is -1.04. The molecule has 86 valence electrons. The number of urea groups is 1. The molecule has 0 N–H and O–H groups in total. The fourth-order valence-electron chi connectivity index (χ4n) is 1.78. The monoisotopic (exact) mass is 239 g/mol. The van der Waals surface area contributed by atoms with E-state index in [1.165, 1.54) is 0 Å². The van der Waals surface area contributed by atoms with E-state index in [-0.39, 0.29) is 19.4 Å². The van der Waals surface area contributed by atoms with Crippen LogP contribution in [0.3, 0.4) is 0 Å². The van der Waals surface area contributed by atoms with E-state index in [9.17, 15) is 22.2 Å². The van der Waals surface area contributed by atoms with Gasteiger partial charge >= 0.3 is 6.03 Å². The standard InChI is InChI=1S/C6H9FN2O5S/c7-5-2-1-4-3-8(5)6(10)9(4)14-15(11,12)13/h4-5H,1-3H2,(H,11,12,13)/p-1/t4-,5-/m1/s1. The third-order valence-electron chi connectivity index (χ3n) is 2.42. The van der Waals surface area contributed by atoms with Crippen molar-refractivity contribution in [1.82, 2.24) is 9.96 Å². The molecule has 0 unspecified atom stereocenters. The van der Waals surface area contributed by atoms with E-state index in [1.807, 2.05) is 0 Å². The van der Waals surface area contributed by atoms with Gasteiger partial charge in [0, 0.05) is 6.54 Å². The van der Waals surface area contributed by atoms with Gasteiger partial charge in [-0.1, -0.05) is 0 Å². The van der Waals surface area contributed by atoms with Gasteiger partial charge in [-0.15, -0.1) is 0 Å². The predicted molar refractivity (Wildman–Crippen MR) is 42.6 cm³/mol. The van der Waals surface area contributed by atoms with Gasteiger partial charge in [0.2, 0.25) is 10.4 Å². The molecule has 2 amide bonds. The van der Waals surface area contributed by atoms with Crippen LogP contribution < -0.4 is 0 Å². The van der Waals surface area contributed by atoms with Gasteiger partial charge in [-0.25, -0.2) is 17.6 Å². The minimum atomic E-state index is -4.99. The average molecular weight is 239 g/mol. The van der Waals surface area contributed by atoms with Gasteiger partial charge < -0.3 is 4.55 Å². The van der Waals surface area contributed by atoms with E-state index < -0.39 is 28.8 Å². The second kappa shape index (κ2) is 3.29. The van der Waals surface area contributed by atoms with Crippen molar-refractivity contribution in [3.8, 4) is 0 Å². The van der Waals surface area contributed by atoms with Gasteiger partial charge in [-0.05, 0) is 12.8 Å². The van der Waals surface area contributed by atoms with Gasteiger partial charge in [0.25, 0.3) is 0 Å². The summed E-state index contributed by atoms with van der Waals surface area (Å²) in [4.78, 5) is 12.2. The molecule has 9 heteroatoms. The maximum Gasteiger partial charge on any atom is 0.347 e. The lowest BCUT2D eigenvalue weighted by Crippen LogP contribution is -2.37. The first kappa shape index (κ1) is 10.6. The zero-order chi connectivity index (χ0) is 11.2. The van der Waals surface area contributed by atoms with E-state index in [0.717, 1.165) is 4.90 Å². The minimum Gasteiger partial charge on any atom is -0.724 e. The number of hydrogen-bond donors (Lipinski definition) is 0. The molecule has 0 radical (unpaired) electrons. The highest BCUT2D eigenvalue weighted by atomic mass is 32.3. The second-order valence-electron chi connectivity index (χ2n) is 3.41. The Bertz CT molecular complexity index is 385. The summed E-state index contributed by atoms with van der Waals surface area (Å²) in [5.74, 6) is 0. The van der Waals surface area contributed by atoms with Crippen molar-refractivity contribution in [2.24, 2.45) is 0 Å². The van der Waals surface area contributed by atoms with Crippen LogP contribution in [0.25, 0.3) is 0 Å². The van der Waals surface area contributed by atoms with Crippen LogP contribution in [0.15, 0.2) is 0 Å². The van der Waals surface area contributed by atoms with E-state index in [1.54, 1.807) is 0 Å². The number of piperidine rings is 1. The largest absolute Gasteiger partial charge is 0.724 e. The summed E-state index contributed by atoms with van der Waals surface area (Å²) < 4.78 is 48.0. The van der Waals surface area contributed by atoms with Crippen molar-refractivity contribution < 1.29 is 26.4 Å². The van der Waals surface area contributed by atoms with Crippen molar-refractivity contribution in [3.05, 3.63) is 0 Å². The number of nitrogens with zero attached hydrogens (tertiary/aromatic N) is 2. The molecule has 7 nitrogen and oxygen atoms in total. The molecule has 0 aromatic rings. The summed E-state index contributed by atoms with van der Waals surface area (Å²) in [5.41, 5.74) is 0. The number of fused-ring (bicyclic) bond motifs is 2. The Balaban J connectivity index is 2.18. The van der Waals surface area contributed by atoms with Crippen LogP contribution in [0, 0.1) is 0 Å². The molecule has 2 rings (SSSR count). The third kappa shape index (κ3) is 1.90. The first-order valence-corrected chi connectivity index (χ1v) is 5.61. The molecule has 2 saturated heterocycles. The number of amides is 2. The average Bonchev–Trinajstić information content (AvgIpc) is 2.35. The molecule has 2 fully saturated rings. The third-order valence-corrected chi connectivity index (χ3v) is 2.76. The number of carbonyl (C=O) groups is 1. The normalized spacial score (nSPS) is 31.2. The van der Waals surface area contributed by atoms with Gasteiger partial charge in [-0.2, -0.15) is 9.35 Å². The maximum absolute atomic E-state index is 13.1. The van der Waals surface area contributed by atoms with Crippen molar-refractivity contribution >= 4 is 16.4 Å². The molecule has 2 atom stereocenters. The zero-order valence-electron chi connectivity index (χ0n) is 7.50. The number of alkyl halides is 1. The second-order valence-corrected chi connectivity index (χ2v) is 4.37. The molecule has 2 heterocycles. The van der Waals surface area contributed by atoms with Crippen molar-refractivity contribution in [1.29, 1.82) is 0 Å². The fraction of sp³-hybridized carbons (Fsp3) is 0.833. The molecule has 2 aliphatic rings. The van der Waals surface area contributed by atoms with Crippen LogP contribution >= 0.6 is 0 Å².